The van der Waals surface area contributed by atoms with Crippen LogP contribution in [0.4, 0.5) is 5.69 Å². The molecule has 8 heteroatoms. The predicted octanol–water partition coefficient (Wildman–Crippen LogP) is 2.11. The largest absolute Gasteiger partial charge is 0.481 e. The van der Waals surface area contributed by atoms with E-state index in [9.17, 15) is 18.0 Å². The summed E-state index contributed by atoms with van der Waals surface area (Å²) in [6, 6.07) is 10.4. The third kappa shape index (κ3) is 3.50. The molecule has 2 aromatic carbocycles. The smallest absolute Gasteiger partial charge is 0.303 e. The highest BCUT2D eigenvalue weighted by atomic mass is 32.2. The second-order valence-electron chi connectivity index (χ2n) is 6.20. The van der Waals surface area contributed by atoms with Gasteiger partial charge < -0.3 is 10.4 Å². The molecule has 0 aromatic heterocycles. The van der Waals surface area contributed by atoms with Gasteiger partial charge in [-0.2, -0.15) is 0 Å². The van der Waals surface area contributed by atoms with Gasteiger partial charge in [0.2, 0.25) is 5.91 Å². The van der Waals surface area contributed by atoms with Crippen LogP contribution in [0.3, 0.4) is 0 Å². The van der Waals surface area contributed by atoms with E-state index in [0.717, 1.165) is 9.69 Å². The molecule has 0 atom stereocenters. The Balaban J connectivity index is 1.63. The number of nitrogens with one attached hydrogen (secondary N) is 1. The van der Waals surface area contributed by atoms with E-state index in [4.69, 9.17) is 5.11 Å². The minimum Gasteiger partial charge on any atom is -0.481 e. The number of anilines is 1. The van der Waals surface area contributed by atoms with E-state index in [1.54, 1.807) is 24.3 Å². The fourth-order valence-corrected chi connectivity index (χ4v) is 4.79. The minimum absolute atomic E-state index is 0.113. The molecule has 0 bridgehead atoms. The zero-order chi connectivity index (χ0) is 18.7. The summed E-state index contributed by atoms with van der Waals surface area (Å²) in [5.74, 6) is -1.21. The molecular formula is C18H20N2O5S. The van der Waals surface area contributed by atoms with Gasteiger partial charge in [0.05, 0.1) is 10.6 Å². The van der Waals surface area contributed by atoms with Gasteiger partial charge in [-0.05, 0) is 30.4 Å². The summed E-state index contributed by atoms with van der Waals surface area (Å²) in [5, 5.41) is 12.7. The maximum absolute atomic E-state index is 12.8. The number of carboxylic acid groups (broad SMARTS) is 1. The summed E-state index contributed by atoms with van der Waals surface area (Å²) in [6.07, 6.45) is 2.02. The molecule has 2 aromatic rings. The third-order valence-electron chi connectivity index (χ3n) is 4.36. The molecule has 1 heterocycles. The molecule has 0 spiro atoms. The maximum Gasteiger partial charge on any atom is 0.303 e. The van der Waals surface area contributed by atoms with Crippen LogP contribution in [-0.2, 0) is 19.6 Å². The normalized spacial score (nSPS) is 14.5. The predicted molar refractivity (Wildman–Crippen MR) is 97.6 cm³/mol. The van der Waals surface area contributed by atoms with E-state index in [0.29, 0.717) is 36.9 Å². The monoisotopic (exact) mass is 376 g/mol. The lowest BCUT2D eigenvalue weighted by Gasteiger charge is -2.18. The van der Waals surface area contributed by atoms with Gasteiger partial charge in [0, 0.05) is 18.4 Å². The number of amides is 1. The van der Waals surface area contributed by atoms with Gasteiger partial charge in [0.15, 0.2) is 0 Å². The van der Waals surface area contributed by atoms with Crippen LogP contribution >= 0.6 is 0 Å². The lowest BCUT2D eigenvalue weighted by molar-refractivity contribution is -0.137. The van der Waals surface area contributed by atoms with Crippen LogP contribution in [0.15, 0.2) is 41.3 Å². The lowest BCUT2D eigenvalue weighted by Crippen LogP contribution is -2.39. The number of carbonyl (C=O) groups is 2. The summed E-state index contributed by atoms with van der Waals surface area (Å²) in [6.45, 7) is 0.120. The second kappa shape index (κ2) is 7.33. The van der Waals surface area contributed by atoms with E-state index in [1.165, 1.54) is 0 Å². The topological polar surface area (TPSA) is 104 Å². The van der Waals surface area contributed by atoms with Crippen molar-refractivity contribution in [2.24, 2.45) is 0 Å². The zero-order valence-corrected chi connectivity index (χ0v) is 15.0. The fourth-order valence-electron chi connectivity index (χ4n) is 3.12. The van der Waals surface area contributed by atoms with Gasteiger partial charge in [0.25, 0.3) is 10.0 Å². The standard InChI is InChI=1S/C18H20N2O5S/c21-16(19-11-3-1-2-10-17(22)23)12-20-14-8-4-6-13-7-5-9-15(18(13)14)26(20,24)25/h4-9H,1-3,10-12H2,(H,19,21)(H,22,23). The number of rotatable bonds is 8. The van der Waals surface area contributed by atoms with Gasteiger partial charge in [-0.1, -0.05) is 30.7 Å². The Bertz CT molecular complexity index is 950. The molecule has 26 heavy (non-hydrogen) atoms. The number of carboxylic acids is 1. The maximum atomic E-state index is 12.8. The Morgan fingerprint density at radius 2 is 1.77 bits per heavy atom. The fraction of sp³-hybridized carbons (Fsp3) is 0.333. The minimum atomic E-state index is -3.74. The molecule has 0 radical (unpaired) electrons. The number of hydrogen-bond acceptors (Lipinski definition) is 4. The van der Waals surface area contributed by atoms with Crippen LogP contribution in [0.1, 0.15) is 25.7 Å². The Morgan fingerprint density at radius 3 is 2.50 bits per heavy atom. The number of hydrogen-bond donors (Lipinski definition) is 2. The van der Waals surface area contributed by atoms with Crippen molar-refractivity contribution in [3.8, 4) is 0 Å². The molecule has 1 aliphatic rings. The number of nitrogens with zero attached hydrogens (tertiary/aromatic N) is 1. The van der Waals surface area contributed by atoms with Crippen LogP contribution in [-0.4, -0.2) is 38.5 Å². The van der Waals surface area contributed by atoms with Gasteiger partial charge in [-0.3, -0.25) is 13.9 Å². The van der Waals surface area contributed by atoms with Crippen LogP contribution in [0.5, 0.6) is 0 Å². The highest BCUT2D eigenvalue weighted by Gasteiger charge is 2.36. The highest BCUT2D eigenvalue weighted by molar-refractivity contribution is 7.93. The van der Waals surface area contributed by atoms with Crippen molar-refractivity contribution < 1.29 is 23.1 Å². The first-order valence-corrected chi connectivity index (χ1v) is 9.88. The van der Waals surface area contributed by atoms with Gasteiger partial charge >= 0.3 is 5.97 Å². The van der Waals surface area contributed by atoms with Crippen molar-refractivity contribution in [2.45, 2.75) is 30.6 Å². The van der Waals surface area contributed by atoms with E-state index in [1.807, 2.05) is 12.1 Å². The first kappa shape index (κ1) is 18.2. The van der Waals surface area contributed by atoms with Crippen molar-refractivity contribution >= 4 is 38.4 Å². The number of unbranched alkanes of at least 4 members (excludes halogenated alkanes) is 2. The lowest BCUT2D eigenvalue weighted by atomic mass is 10.1. The van der Waals surface area contributed by atoms with Crippen LogP contribution in [0, 0.1) is 0 Å². The molecule has 0 unspecified atom stereocenters. The summed E-state index contributed by atoms with van der Waals surface area (Å²) in [7, 11) is -3.74. The second-order valence-corrected chi connectivity index (χ2v) is 8.03. The van der Waals surface area contributed by atoms with Gasteiger partial charge in [-0.15, -0.1) is 0 Å². The molecule has 0 saturated carbocycles. The number of carbonyl (C=O) groups excluding carboxylic acids is 1. The van der Waals surface area contributed by atoms with Crippen LogP contribution in [0.2, 0.25) is 0 Å². The van der Waals surface area contributed by atoms with E-state index < -0.39 is 16.0 Å². The third-order valence-corrected chi connectivity index (χ3v) is 6.16. The summed E-state index contributed by atoms with van der Waals surface area (Å²) in [5.41, 5.74) is 0.523. The number of benzene rings is 2. The SMILES string of the molecule is O=C(O)CCCCCNC(=O)CN1c2cccc3cccc(c23)S1(=O)=O. The molecular weight excluding hydrogens is 356 g/mol. The van der Waals surface area contributed by atoms with Gasteiger partial charge in [0.1, 0.15) is 6.54 Å². The zero-order valence-electron chi connectivity index (χ0n) is 14.1. The molecule has 0 fully saturated rings. The van der Waals surface area contributed by atoms with Crippen molar-refractivity contribution in [1.29, 1.82) is 0 Å². The number of sulfonamides is 1. The Labute approximate surface area is 151 Å². The Morgan fingerprint density at radius 1 is 1.04 bits per heavy atom. The van der Waals surface area contributed by atoms with Crippen molar-refractivity contribution in [3.05, 3.63) is 36.4 Å². The number of aliphatic carboxylic acids is 1. The molecule has 0 saturated heterocycles. The molecule has 1 amide bonds. The van der Waals surface area contributed by atoms with E-state index in [-0.39, 0.29) is 23.8 Å². The summed E-state index contributed by atoms with van der Waals surface area (Å²) < 4.78 is 26.7. The molecule has 138 valence electrons. The van der Waals surface area contributed by atoms with Crippen molar-refractivity contribution in [3.63, 3.8) is 0 Å². The van der Waals surface area contributed by atoms with Gasteiger partial charge in [-0.25, -0.2) is 8.42 Å². The average Bonchev–Trinajstić information content (AvgIpc) is 2.81. The van der Waals surface area contributed by atoms with E-state index in [2.05, 4.69) is 5.32 Å². The summed E-state index contributed by atoms with van der Waals surface area (Å²) in [4.78, 5) is 22.8. The Hall–Kier alpha value is -2.61. The van der Waals surface area contributed by atoms with Crippen molar-refractivity contribution in [2.75, 3.05) is 17.4 Å². The van der Waals surface area contributed by atoms with Crippen LogP contribution < -0.4 is 9.62 Å². The molecule has 3 rings (SSSR count). The van der Waals surface area contributed by atoms with Crippen LogP contribution in [0.25, 0.3) is 10.8 Å². The highest BCUT2D eigenvalue weighted by Crippen LogP contribution is 2.41. The summed E-state index contributed by atoms with van der Waals surface area (Å²) >= 11 is 0. The first-order chi connectivity index (χ1) is 12.4. The van der Waals surface area contributed by atoms with E-state index >= 15 is 0 Å². The molecule has 2 N–H and O–H groups in total. The Kier molecular flexibility index (Phi) is 5.13. The first-order valence-electron chi connectivity index (χ1n) is 8.44. The molecule has 7 nitrogen and oxygen atoms in total. The van der Waals surface area contributed by atoms with Crippen molar-refractivity contribution in [1.82, 2.24) is 5.32 Å². The quantitative estimate of drug-likeness (QED) is 0.687. The average molecular weight is 376 g/mol. The molecule has 1 aliphatic heterocycles. The molecule has 0 aliphatic carbocycles.